The van der Waals surface area contributed by atoms with E-state index in [1.54, 1.807) is 20.8 Å². The molecule has 0 aliphatic carbocycles. The summed E-state index contributed by atoms with van der Waals surface area (Å²) >= 11 is 0. The molecule has 1 aliphatic rings. The van der Waals surface area contributed by atoms with E-state index in [1.165, 1.54) is 24.0 Å². The van der Waals surface area contributed by atoms with Crippen molar-refractivity contribution in [1.29, 1.82) is 0 Å². The average Bonchev–Trinajstić information content (AvgIpc) is 2.87. The van der Waals surface area contributed by atoms with Crippen LogP contribution in [0, 0.1) is 17.0 Å². The Kier molecular flexibility index (Phi) is 12.1. The second kappa shape index (κ2) is 15.1. The fourth-order valence-electron chi connectivity index (χ4n) is 4.80. The number of hydrogen-bond donors (Lipinski definition) is 1. The Bertz CT molecular complexity index is 1180. The van der Waals surface area contributed by atoms with E-state index in [0.29, 0.717) is 12.2 Å². The molecule has 0 bridgehead atoms. The highest BCUT2D eigenvalue weighted by Crippen LogP contribution is 2.26. The zero-order chi connectivity index (χ0) is 31.8. The van der Waals surface area contributed by atoms with E-state index in [0.717, 1.165) is 18.1 Å². The summed E-state index contributed by atoms with van der Waals surface area (Å²) in [6, 6.07) is 11.2. The van der Waals surface area contributed by atoms with Crippen LogP contribution in [0.2, 0.25) is 0 Å². The minimum Gasteiger partial charge on any atom is -0.444 e. The number of morpholine rings is 1. The number of ether oxygens (including phenoxy) is 4. The normalized spacial score (nSPS) is 19.0. The van der Waals surface area contributed by atoms with Gasteiger partial charge in [-0.25, -0.2) is 13.6 Å². The summed E-state index contributed by atoms with van der Waals surface area (Å²) in [5.74, 6) is -1.82. The van der Waals surface area contributed by atoms with E-state index in [-0.39, 0.29) is 37.5 Å². The summed E-state index contributed by atoms with van der Waals surface area (Å²) in [7, 11) is 0. The first-order valence-electron chi connectivity index (χ1n) is 14.7. The van der Waals surface area contributed by atoms with Gasteiger partial charge in [-0.3, -0.25) is 9.69 Å². The van der Waals surface area contributed by atoms with Crippen LogP contribution in [0.5, 0.6) is 0 Å². The third-order valence-corrected chi connectivity index (χ3v) is 6.81. The number of nitrogens with zero attached hydrogens (tertiary/aromatic N) is 1. The minimum atomic E-state index is -0.849. The maximum Gasteiger partial charge on any atom is 0.410 e. The third-order valence-electron chi connectivity index (χ3n) is 6.81. The van der Waals surface area contributed by atoms with Gasteiger partial charge < -0.3 is 24.3 Å². The fourth-order valence-corrected chi connectivity index (χ4v) is 4.80. The maximum atomic E-state index is 14.1. The van der Waals surface area contributed by atoms with Crippen LogP contribution < -0.4 is 5.32 Å². The van der Waals surface area contributed by atoms with E-state index in [1.807, 2.05) is 30.3 Å². The Hall–Kier alpha value is -3.08. The molecule has 43 heavy (non-hydrogen) atoms. The van der Waals surface area contributed by atoms with Gasteiger partial charge >= 0.3 is 6.09 Å². The summed E-state index contributed by atoms with van der Waals surface area (Å²) in [5.41, 5.74) is 0.475. The molecule has 2 aromatic rings. The number of hydrogen-bond acceptors (Lipinski definition) is 6. The van der Waals surface area contributed by atoms with Gasteiger partial charge in [-0.1, -0.05) is 51.1 Å². The van der Waals surface area contributed by atoms with Crippen molar-refractivity contribution in [3.05, 3.63) is 71.3 Å². The van der Waals surface area contributed by atoms with Gasteiger partial charge in [-0.15, -0.1) is 0 Å². The van der Waals surface area contributed by atoms with Crippen molar-refractivity contribution in [3.8, 4) is 0 Å². The van der Waals surface area contributed by atoms with Crippen LogP contribution in [-0.2, 0) is 36.8 Å². The van der Waals surface area contributed by atoms with Crippen LogP contribution in [0.25, 0.3) is 0 Å². The SMILES string of the molecule is CC(=O)N[C@@H](Cc1cc(F)cc(F)c1)[C@H](OCc1ccccc1)[C@H]1CO[C@H](OCCC(C)(C)C)CN1C(=O)OC(C)(C)C. The molecular formula is C33H46F2N2O6. The van der Waals surface area contributed by atoms with Gasteiger partial charge in [0.1, 0.15) is 23.3 Å². The predicted octanol–water partition coefficient (Wildman–Crippen LogP) is 6.01. The smallest absolute Gasteiger partial charge is 0.410 e. The van der Waals surface area contributed by atoms with E-state index < -0.39 is 47.8 Å². The van der Waals surface area contributed by atoms with E-state index >= 15 is 0 Å². The Morgan fingerprint density at radius 2 is 1.67 bits per heavy atom. The van der Waals surface area contributed by atoms with Crippen LogP contribution in [0.3, 0.4) is 0 Å². The lowest BCUT2D eigenvalue weighted by Gasteiger charge is -2.45. The molecule has 1 N–H and O–H groups in total. The number of nitrogens with one attached hydrogen (secondary N) is 1. The topological polar surface area (TPSA) is 86.3 Å². The number of benzene rings is 2. The Morgan fingerprint density at radius 3 is 2.26 bits per heavy atom. The first-order valence-corrected chi connectivity index (χ1v) is 14.7. The van der Waals surface area contributed by atoms with Gasteiger partial charge in [0.25, 0.3) is 0 Å². The lowest BCUT2D eigenvalue weighted by atomic mass is 9.93. The Labute approximate surface area is 254 Å². The number of carbonyl (C=O) groups excluding carboxylic acids is 2. The van der Waals surface area contributed by atoms with E-state index in [9.17, 15) is 18.4 Å². The molecule has 0 radical (unpaired) electrons. The first kappa shape index (κ1) is 34.4. The zero-order valence-electron chi connectivity index (χ0n) is 26.3. The molecule has 4 atom stereocenters. The van der Waals surface area contributed by atoms with Gasteiger partial charge in [0.15, 0.2) is 6.29 Å². The summed E-state index contributed by atoms with van der Waals surface area (Å²) in [6.07, 6.45) is -1.30. The monoisotopic (exact) mass is 604 g/mol. The number of amides is 2. The van der Waals surface area contributed by atoms with E-state index in [2.05, 4.69) is 26.1 Å². The molecule has 1 heterocycles. The molecule has 10 heteroatoms. The molecule has 0 spiro atoms. The van der Waals surface area contributed by atoms with Crippen molar-refractivity contribution >= 4 is 12.0 Å². The predicted molar refractivity (Wildman–Crippen MR) is 159 cm³/mol. The lowest BCUT2D eigenvalue weighted by Crippen LogP contribution is -2.63. The highest BCUT2D eigenvalue weighted by atomic mass is 19.1. The van der Waals surface area contributed by atoms with Crippen molar-refractivity contribution in [2.75, 3.05) is 19.8 Å². The highest BCUT2D eigenvalue weighted by molar-refractivity contribution is 5.73. The molecule has 2 amide bonds. The summed E-state index contributed by atoms with van der Waals surface area (Å²) < 4.78 is 52.6. The molecule has 1 saturated heterocycles. The molecule has 1 fully saturated rings. The maximum absolute atomic E-state index is 14.1. The zero-order valence-corrected chi connectivity index (χ0v) is 26.3. The fraction of sp³-hybridized carbons (Fsp3) is 0.576. The molecule has 0 saturated carbocycles. The second-order valence-electron chi connectivity index (χ2n) is 13.2. The summed E-state index contributed by atoms with van der Waals surface area (Å²) in [6.45, 7) is 13.7. The first-order chi connectivity index (χ1) is 20.1. The standard InChI is InChI=1S/C33H46F2N2O6/c1-22(38)36-27(17-24-15-25(34)18-26(35)16-24)30(42-20-23-11-9-8-10-12-23)28-21-41-29(40-14-13-32(2,3)4)19-37(28)31(39)43-33(5,6)7/h8-12,15-16,18,27-30H,13-14,17,19-21H2,1-7H3,(H,36,38)/t27-,28+,29-,30-/m0/s1. The molecule has 0 unspecified atom stereocenters. The molecule has 2 aromatic carbocycles. The Balaban J connectivity index is 1.97. The summed E-state index contributed by atoms with van der Waals surface area (Å²) in [4.78, 5) is 27.6. The van der Waals surface area contributed by atoms with Crippen molar-refractivity contribution in [1.82, 2.24) is 10.2 Å². The van der Waals surface area contributed by atoms with Gasteiger partial charge in [-0.2, -0.15) is 0 Å². The van der Waals surface area contributed by atoms with Crippen LogP contribution in [0.15, 0.2) is 48.5 Å². The average molecular weight is 605 g/mol. The molecule has 8 nitrogen and oxygen atoms in total. The summed E-state index contributed by atoms with van der Waals surface area (Å²) in [5, 5.41) is 2.90. The van der Waals surface area contributed by atoms with Crippen LogP contribution >= 0.6 is 0 Å². The van der Waals surface area contributed by atoms with Crippen LogP contribution in [0.4, 0.5) is 13.6 Å². The highest BCUT2D eigenvalue weighted by Gasteiger charge is 2.43. The van der Waals surface area contributed by atoms with Crippen LogP contribution in [0.1, 0.15) is 66.0 Å². The minimum absolute atomic E-state index is 0.0203. The lowest BCUT2D eigenvalue weighted by molar-refractivity contribution is -0.209. The van der Waals surface area contributed by atoms with Crippen molar-refractivity contribution in [2.45, 2.75) is 98.0 Å². The van der Waals surface area contributed by atoms with Gasteiger partial charge in [0.2, 0.25) is 5.91 Å². The van der Waals surface area contributed by atoms with Gasteiger partial charge in [-0.05, 0) is 62.3 Å². The number of rotatable bonds is 11. The molecule has 238 valence electrons. The van der Waals surface area contributed by atoms with E-state index in [4.69, 9.17) is 18.9 Å². The second-order valence-corrected chi connectivity index (χ2v) is 13.2. The van der Waals surface area contributed by atoms with Gasteiger partial charge in [0, 0.05) is 13.0 Å². The molecular weight excluding hydrogens is 558 g/mol. The van der Waals surface area contributed by atoms with Crippen molar-refractivity contribution < 1.29 is 37.3 Å². The Morgan fingerprint density at radius 1 is 1.02 bits per heavy atom. The quantitative estimate of drug-likeness (QED) is 0.338. The van der Waals surface area contributed by atoms with Crippen molar-refractivity contribution in [3.63, 3.8) is 0 Å². The van der Waals surface area contributed by atoms with Gasteiger partial charge in [0.05, 0.1) is 38.4 Å². The molecule has 0 aromatic heterocycles. The van der Waals surface area contributed by atoms with Crippen LogP contribution in [-0.4, -0.2) is 66.7 Å². The molecule has 1 aliphatic heterocycles. The number of halogens is 2. The largest absolute Gasteiger partial charge is 0.444 e. The third kappa shape index (κ3) is 11.8. The van der Waals surface area contributed by atoms with Crippen molar-refractivity contribution in [2.24, 2.45) is 5.41 Å². The number of carbonyl (C=O) groups is 2. The molecule has 3 rings (SSSR count).